The van der Waals surface area contributed by atoms with Crippen molar-refractivity contribution < 1.29 is 5.11 Å². The molecule has 0 aliphatic carbocycles. The Morgan fingerprint density at radius 3 is 2.89 bits per heavy atom. The summed E-state index contributed by atoms with van der Waals surface area (Å²) >= 11 is 5.32. The molecule has 1 atom stereocenters. The number of halogens is 1. The normalized spacial score (nSPS) is 13.1. The molecule has 0 amide bonds. The van der Waals surface area contributed by atoms with Gasteiger partial charge in [0.15, 0.2) is 0 Å². The smallest absolute Gasteiger partial charge is 0.0799 e. The molecule has 2 N–H and O–H groups in total. The van der Waals surface area contributed by atoms with E-state index >= 15 is 0 Å². The van der Waals surface area contributed by atoms with Crippen molar-refractivity contribution >= 4 is 11.6 Å². The lowest BCUT2D eigenvalue weighted by atomic mass is 10.4. The number of alkyl halides is 1. The Kier molecular flexibility index (Phi) is 6.04. The maximum absolute atomic E-state index is 8.86. The molecule has 0 aromatic heterocycles. The first-order chi connectivity index (χ1) is 4.31. The minimum absolute atomic E-state index is 0.282. The molecule has 0 heterocycles. The second-order valence-electron chi connectivity index (χ2n) is 1.76. The standard InChI is InChI=1S/C6H12ClNO/c1-2-3-8-5-6(9)4-7/h2,6,8-9H,1,3-5H2. The van der Waals surface area contributed by atoms with Gasteiger partial charge in [0.1, 0.15) is 0 Å². The number of aliphatic hydroxyl groups excluding tert-OH is 1. The first kappa shape index (κ1) is 8.95. The molecular formula is C6H12ClNO. The number of aliphatic hydroxyl groups is 1. The third kappa shape index (κ3) is 5.83. The first-order valence-corrected chi connectivity index (χ1v) is 3.40. The average molecular weight is 150 g/mol. The van der Waals surface area contributed by atoms with Gasteiger partial charge in [0, 0.05) is 19.0 Å². The van der Waals surface area contributed by atoms with E-state index in [1.54, 1.807) is 6.08 Å². The summed E-state index contributed by atoms with van der Waals surface area (Å²) in [4.78, 5) is 0. The molecule has 0 fully saturated rings. The van der Waals surface area contributed by atoms with Crippen LogP contribution in [0.3, 0.4) is 0 Å². The fourth-order valence-corrected chi connectivity index (χ4v) is 0.516. The second-order valence-corrected chi connectivity index (χ2v) is 2.06. The van der Waals surface area contributed by atoms with Gasteiger partial charge < -0.3 is 10.4 Å². The van der Waals surface area contributed by atoms with Crippen molar-refractivity contribution in [3.63, 3.8) is 0 Å². The van der Waals surface area contributed by atoms with Crippen molar-refractivity contribution in [2.24, 2.45) is 0 Å². The van der Waals surface area contributed by atoms with E-state index in [1.165, 1.54) is 0 Å². The summed E-state index contributed by atoms with van der Waals surface area (Å²) in [7, 11) is 0. The molecule has 1 unspecified atom stereocenters. The van der Waals surface area contributed by atoms with Crippen LogP contribution in [0.2, 0.25) is 0 Å². The lowest BCUT2D eigenvalue weighted by Gasteiger charge is -2.05. The molecule has 0 saturated carbocycles. The van der Waals surface area contributed by atoms with E-state index in [4.69, 9.17) is 16.7 Å². The zero-order chi connectivity index (χ0) is 7.11. The predicted octanol–water partition coefficient (Wildman–Crippen LogP) is 0.362. The molecule has 0 spiro atoms. The SMILES string of the molecule is C=CCNCC(O)CCl. The molecule has 3 heteroatoms. The van der Waals surface area contributed by atoms with Gasteiger partial charge in [-0.1, -0.05) is 6.08 Å². The first-order valence-electron chi connectivity index (χ1n) is 2.87. The molecule has 9 heavy (non-hydrogen) atoms. The highest BCUT2D eigenvalue weighted by Gasteiger charge is 1.97. The van der Waals surface area contributed by atoms with Gasteiger partial charge in [0.05, 0.1) is 6.10 Å². The maximum Gasteiger partial charge on any atom is 0.0799 e. The highest BCUT2D eigenvalue weighted by molar-refractivity contribution is 6.18. The van der Waals surface area contributed by atoms with Crippen LogP contribution in [0.5, 0.6) is 0 Å². The van der Waals surface area contributed by atoms with E-state index in [1.807, 2.05) is 0 Å². The highest BCUT2D eigenvalue weighted by Crippen LogP contribution is 1.83. The van der Waals surface area contributed by atoms with E-state index in [2.05, 4.69) is 11.9 Å². The van der Waals surface area contributed by atoms with Crippen LogP contribution in [0.15, 0.2) is 12.7 Å². The Balaban J connectivity index is 2.96. The predicted molar refractivity (Wildman–Crippen MR) is 39.8 cm³/mol. The molecule has 0 radical (unpaired) electrons. The molecule has 2 nitrogen and oxygen atoms in total. The van der Waals surface area contributed by atoms with Crippen molar-refractivity contribution in [1.82, 2.24) is 5.32 Å². The Bertz CT molecular complexity index is 77.5. The zero-order valence-electron chi connectivity index (χ0n) is 5.31. The molecule has 0 aromatic rings. The fourth-order valence-electron chi connectivity index (χ4n) is 0.407. The van der Waals surface area contributed by atoms with Crippen LogP contribution < -0.4 is 5.32 Å². The Morgan fingerprint density at radius 1 is 1.78 bits per heavy atom. The lowest BCUT2D eigenvalue weighted by molar-refractivity contribution is 0.196. The van der Waals surface area contributed by atoms with Gasteiger partial charge in [-0.15, -0.1) is 18.2 Å². The molecule has 0 aliphatic heterocycles. The van der Waals surface area contributed by atoms with E-state index in [-0.39, 0.29) is 5.88 Å². The molecule has 0 aliphatic rings. The van der Waals surface area contributed by atoms with Crippen LogP contribution in [-0.2, 0) is 0 Å². The summed E-state index contributed by atoms with van der Waals surface area (Å²) in [5, 5.41) is 11.8. The summed E-state index contributed by atoms with van der Waals surface area (Å²) < 4.78 is 0. The van der Waals surface area contributed by atoms with Crippen LogP contribution in [-0.4, -0.2) is 30.2 Å². The van der Waals surface area contributed by atoms with Crippen LogP contribution in [0.25, 0.3) is 0 Å². The minimum atomic E-state index is -0.438. The summed E-state index contributed by atoms with van der Waals surface area (Å²) in [6.07, 6.45) is 1.30. The largest absolute Gasteiger partial charge is 0.391 e. The molecular weight excluding hydrogens is 138 g/mol. The summed E-state index contributed by atoms with van der Waals surface area (Å²) in [6, 6.07) is 0. The van der Waals surface area contributed by atoms with Crippen molar-refractivity contribution in [2.75, 3.05) is 19.0 Å². The van der Waals surface area contributed by atoms with Crippen molar-refractivity contribution in [3.8, 4) is 0 Å². The fraction of sp³-hybridized carbons (Fsp3) is 0.667. The molecule has 54 valence electrons. The van der Waals surface area contributed by atoms with Crippen LogP contribution in [0.4, 0.5) is 0 Å². The van der Waals surface area contributed by atoms with Gasteiger partial charge in [-0.25, -0.2) is 0 Å². The molecule has 0 aromatic carbocycles. The zero-order valence-corrected chi connectivity index (χ0v) is 6.06. The summed E-state index contributed by atoms with van der Waals surface area (Å²) in [6.45, 7) is 4.76. The number of hydrogen-bond acceptors (Lipinski definition) is 2. The number of rotatable bonds is 5. The Labute approximate surface area is 60.5 Å². The van der Waals surface area contributed by atoms with Gasteiger partial charge in [-0.3, -0.25) is 0 Å². The maximum atomic E-state index is 8.86. The Hall–Kier alpha value is -0.0500. The minimum Gasteiger partial charge on any atom is -0.391 e. The Morgan fingerprint density at radius 2 is 2.44 bits per heavy atom. The monoisotopic (exact) mass is 149 g/mol. The van der Waals surface area contributed by atoms with Crippen LogP contribution in [0, 0.1) is 0 Å². The van der Waals surface area contributed by atoms with Crippen LogP contribution >= 0.6 is 11.6 Å². The van der Waals surface area contributed by atoms with Crippen molar-refractivity contribution in [2.45, 2.75) is 6.10 Å². The topological polar surface area (TPSA) is 32.3 Å². The number of hydrogen-bond donors (Lipinski definition) is 2. The quantitative estimate of drug-likeness (QED) is 0.336. The summed E-state index contributed by atoms with van der Waals surface area (Å²) in [5.74, 6) is 0.282. The molecule has 0 rings (SSSR count). The van der Waals surface area contributed by atoms with Crippen LogP contribution in [0.1, 0.15) is 0 Å². The summed E-state index contributed by atoms with van der Waals surface area (Å²) in [5.41, 5.74) is 0. The van der Waals surface area contributed by atoms with Crippen molar-refractivity contribution in [1.29, 1.82) is 0 Å². The average Bonchev–Trinajstić information content (AvgIpc) is 1.89. The molecule has 0 saturated heterocycles. The number of nitrogens with one attached hydrogen (secondary N) is 1. The van der Waals surface area contributed by atoms with E-state index in [0.29, 0.717) is 13.1 Å². The van der Waals surface area contributed by atoms with Gasteiger partial charge in [0.2, 0.25) is 0 Å². The second kappa shape index (κ2) is 6.08. The van der Waals surface area contributed by atoms with Gasteiger partial charge in [-0.2, -0.15) is 0 Å². The van der Waals surface area contributed by atoms with E-state index < -0.39 is 6.10 Å². The van der Waals surface area contributed by atoms with Gasteiger partial charge in [-0.05, 0) is 0 Å². The molecule has 0 bridgehead atoms. The van der Waals surface area contributed by atoms with Crippen molar-refractivity contribution in [3.05, 3.63) is 12.7 Å². The third-order valence-electron chi connectivity index (χ3n) is 0.847. The van der Waals surface area contributed by atoms with E-state index in [9.17, 15) is 0 Å². The van der Waals surface area contributed by atoms with E-state index in [0.717, 1.165) is 0 Å². The lowest BCUT2D eigenvalue weighted by Crippen LogP contribution is -2.27. The van der Waals surface area contributed by atoms with Gasteiger partial charge >= 0.3 is 0 Å². The third-order valence-corrected chi connectivity index (χ3v) is 1.20. The van der Waals surface area contributed by atoms with Gasteiger partial charge in [0.25, 0.3) is 0 Å². The highest BCUT2D eigenvalue weighted by atomic mass is 35.5.